The molecule has 2 aromatic rings. The zero-order chi connectivity index (χ0) is 19.2. The van der Waals surface area contributed by atoms with Crippen molar-refractivity contribution in [1.82, 2.24) is 0 Å². The number of anilines is 2. The third kappa shape index (κ3) is 3.99. The molecular weight excluding hydrogens is 350 g/mol. The number of nitriles is 1. The number of nitrogens with one attached hydrogen (secondary N) is 2. The van der Waals surface area contributed by atoms with Crippen molar-refractivity contribution in [2.24, 2.45) is 0 Å². The van der Waals surface area contributed by atoms with E-state index in [0.717, 1.165) is 0 Å². The van der Waals surface area contributed by atoms with Gasteiger partial charge in [-0.25, -0.2) is 4.79 Å². The van der Waals surface area contributed by atoms with Crippen LogP contribution < -0.4 is 20.1 Å². The van der Waals surface area contributed by atoms with Crippen LogP contribution in [0.2, 0.25) is 0 Å². The molecule has 0 bridgehead atoms. The van der Waals surface area contributed by atoms with Gasteiger partial charge in [-0.1, -0.05) is 12.1 Å². The highest BCUT2D eigenvalue weighted by Crippen LogP contribution is 2.34. The Labute approximate surface area is 155 Å². The van der Waals surface area contributed by atoms with Crippen molar-refractivity contribution in [3.05, 3.63) is 59.8 Å². The molecule has 0 saturated heterocycles. The van der Waals surface area contributed by atoms with Gasteiger partial charge < -0.3 is 24.8 Å². The second-order valence-electron chi connectivity index (χ2n) is 5.37. The molecule has 1 heterocycles. The summed E-state index contributed by atoms with van der Waals surface area (Å²) in [5.74, 6) is -0.0560. The van der Waals surface area contributed by atoms with Crippen LogP contribution in [0.15, 0.2) is 54.2 Å². The van der Waals surface area contributed by atoms with Crippen LogP contribution in [0.5, 0.6) is 11.5 Å². The van der Waals surface area contributed by atoms with Crippen molar-refractivity contribution < 1.29 is 23.8 Å². The molecule has 136 valence electrons. The molecule has 0 fully saturated rings. The molecule has 8 nitrogen and oxygen atoms in total. The summed E-state index contributed by atoms with van der Waals surface area (Å²) in [5.41, 5.74) is 0.884. The van der Waals surface area contributed by atoms with E-state index < -0.39 is 11.9 Å². The van der Waals surface area contributed by atoms with Gasteiger partial charge in [-0.2, -0.15) is 5.26 Å². The largest absolute Gasteiger partial charge is 0.465 e. The van der Waals surface area contributed by atoms with Crippen LogP contribution in [-0.4, -0.2) is 25.8 Å². The quantitative estimate of drug-likeness (QED) is 0.476. The maximum atomic E-state index is 12.4. The Balaban J connectivity index is 1.74. The monoisotopic (exact) mass is 365 g/mol. The number of ether oxygens (including phenoxy) is 3. The Morgan fingerprint density at radius 1 is 1.19 bits per heavy atom. The van der Waals surface area contributed by atoms with E-state index in [4.69, 9.17) is 9.47 Å². The summed E-state index contributed by atoms with van der Waals surface area (Å²) in [7, 11) is 1.25. The van der Waals surface area contributed by atoms with E-state index in [1.165, 1.54) is 19.4 Å². The molecule has 0 radical (unpaired) electrons. The predicted molar refractivity (Wildman–Crippen MR) is 96.3 cm³/mol. The highest BCUT2D eigenvalue weighted by atomic mass is 16.7. The minimum atomic E-state index is -0.665. The Morgan fingerprint density at radius 3 is 2.74 bits per heavy atom. The minimum absolute atomic E-state index is 0.153. The van der Waals surface area contributed by atoms with Crippen LogP contribution in [0.25, 0.3) is 0 Å². The first-order chi connectivity index (χ1) is 13.1. The van der Waals surface area contributed by atoms with E-state index >= 15 is 0 Å². The maximum Gasteiger partial charge on any atom is 0.339 e. The molecule has 3 rings (SSSR count). The fraction of sp³-hybridized carbons (Fsp3) is 0.105. The number of fused-ring (bicyclic) bond motifs is 1. The standard InChI is InChI=1S/C19H15N3O5/c1-25-19(24)14-4-2-3-5-15(14)22-18(23)12(9-20)10-21-13-6-7-16-17(8-13)27-11-26-16/h2-8,10,21H,11H2,1H3,(H,22,23)/b12-10-. The second kappa shape index (κ2) is 7.93. The van der Waals surface area contributed by atoms with Crippen LogP contribution in [0.3, 0.4) is 0 Å². The number of hydrogen-bond donors (Lipinski definition) is 2. The van der Waals surface area contributed by atoms with E-state index in [1.807, 2.05) is 6.07 Å². The van der Waals surface area contributed by atoms with E-state index in [-0.39, 0.29) is 23.6 Å². The average molecular weight is 365 g/mol. The molecule has 2 aromatic carbocycles. The molecule has 0 atom stereocenters. The summed E-state index contributed by atoms with van der Waals surface area (Å²) in [4.78, 5) is 24.1. The number of carbonyl (C=O) groups excluding carboxylic acids is 2. The van der Waals surface area contributed by atoms with Gasteiger partial charge in [-0.15, -0.1) is 0 Å². The highest BCUT2D eigenvalue weighted by molar-refractivity contribution is 6.09. The lowest BCUT2D eigenvalue weighted by Crippen LogP contribution is -2.17. The zero-order valence-electron chi connectivity index (χ0n) is 14.3. The van der Waals surface area contributed by atoms with Gasteiger partial charge in [0.05, 0.1) is 18.4 Å². The predicted octanol–water partition coefficient (Wildman–Crippen LogP) is 2.66. The summed E-state index contributed by atoms with van der Waals surface area (Å²) in [6, 6.07) is 13.3. The van der Waals surface area contributed by atoms with Crippen molar-refractivity contribution >= 4 is 23.3 Å². The molecule has 0 aromatic heterocycles. The smallest absolute Gasteiger partial charge is 0.339 e. The lowest BCUT2D eigenvalue weighted by molar-refractivity contribution is -0.112. The molecule has 27 heavy (non-hydrogen) atoms. The lowest BCUT2D eigenvalue weighted by Gasteiger charge is -2.09. The summed E-state index contributed by atoms with van der Waals surface area (Å²) in [6.45, 7) is 0.153. The normalized spacial score (nSPS) is 12.1. The second-order valence-corrected chi connectivity index (χ2v) is 5.37. The Hall–Kier alpha value is -3.99. The topological polar surface area (TPSA) is 110 Å². The molecule has 0 saturated carbocycles. The summed E-state index contributed by atoms with van der Waals surface area (Å²) in [5, 5.41) is 14.7. The van der Waals surface area contributed by atoms with Crippen molar-refractivity contribution in [2.45, 2.75) is 0 Å². The van der Waals surface area contributed by atoms with Gasteiger partial charge in [0.15, 0.2) is 11.5 Å². The first-order valence-corrected chi connectivity index (χ1v) is 7.87. The first-order valence-electron chi connectivity index (χ1n) is 7.87. The minimum Gasteiger partial charge on any atom is -0.465 e. The number of benzene rings is 2. The molecule has 2 N–H and O–H groups in total. The third-order valence-electron chi connectivity index (χ3n) is 3.70. The number of hydrogen-bond acceptors (Lipinski definition) is 7. The molecule has 0 aliphatic carbocycles. The maximum absolute atomic E-state index is 12.4. The fourth-order valence-corrected chi connectivity index (χ4v) is 2.36. The van der Waals surface area contributed by atoms with Crippen LogP contribution in [0.1, 0.15) is 10.4 Å². The van der Waals surface area contributed by atoms with Crippen molar-refractivity contribution in [1.29, 1.82) is 5.26 Å². The average Bonchev–Trinajstić information content (AvgIpc) is 3.16. The van der Waals surface area contributed by atoms with Crippen LogP contribution in [-0.2, 0) is 9.53 Å². The molecule has 0 unspecified atom stereocenters. The number of methoxy groups -OCH3 is 1. The van der Waals surface area contributed by atoms with Crippen molar-refractivity contribution in [3.8, 4) is 17.6 Å². The molecule has 1 aliphatic heterocycles. The van der Waals surface area contributed by atoms with E-state index in [2.05, 4.69) is 15.4 Å². The molecule has 1 aliphatic rings. The fourth-order valence-electron chi connectivity index (χ4n) is 2.36. The van der Waals surface area contributed by atoms with Crippen LogP contribution >= 0.6 is 0 Å². The number of esters is 1. The summed E-state index contributed by atoms with van der Waals surface area (Å²) >= 11 is 0. The van der Waals surface area contributed by atoms with Crippen molar-refractivity contribution in [2.75, 3.05) is 24.5 Å². The number of nitrogens with zero attached hydrogens (tertiary/aromatic N) is 1. The molecule has 0 spiro atoms. The Morgan fingerprint density at radius 2 is 1.96 bits per heavy atom. The summed E-state index contributed by atoms with van der Waals surface area (Å²) in [6.07, 6.45) is 1.27. The van der Waals surface area contributed by atoms with E-state index in [1.54, 1.807) is 36.4 Å². The Kier molecular flexibility index (Phi) is 5.23. The molecular formula is C19H15N3O5. The lowest BCUT2D eigenvalue weighted by atomic mass is 10.1. The Bertz CT molecular complexity index is 962. The van der Waals surface area contributed by atoms with Crippen LogP contribution in [0.4, 0.5) is 11.4 Å². The van der Waals surface area contributed by atoms with E-state index in [0.29, 0.717) is 17.2 Å². The number of carbonyl (C=O) groups is 2. The zero-order valence-corrected chi connectivity index (χ0v) is 14.3. The molecule has 1 amide bonds. The van der Waals surface area contributed by atoms with Gasteiger partial charge in [-0.3, -0.25) is 4.79 Å². The van der Waals surface area contributed by atoms with Gasteiger partial charge >= 0.3 is 5.97 Å². The third-order valence-corrected chi connectivity index (χ3v) is 3.70. The SMILES string of the molecule is COC(=O)c1ccccc1NC(=O)/C(C#N)=C\Nc1ccc2c(c1)OCO2. The van der Waals surface area contributed by atoms with Gasteiger partial charge in [0.1, 0.15) is 11.6 Å². The van der Waals surface area contributed by atoms with Gasteiger partial charge in [0.2, 0.25) is 6.79 Å². The van der Waals surface area contributed by atoms with E-state index in [9.17, 15) is 14.9 Å². The van der Waals surface area contributed by atoms with Gasteiger partial charge in [0, 0.05) is 18.0 Å². The van der Waals surface area contributed by atoms with Gasteiger partial charge in [-0.05, 0) is 24.3 Å². The number of amides is 1. The van der Waals surface area contributed by atoms with Gasteiger partial charge in [0.25, 0.3) is 5.91 Å². The highest BCUT2D eigenvalue weighted by Gasteiger charge is 2.16. The van der Waals surface area contributed by atoms with Crippen molar-refractivity contribution in [3.63, 3.8) is 0 Å². The van der Waals surface area contributed by atoms with Crippen LogP contribution in [0, 0.1) is 11.3 Å². The number of rotatable bonds is 5. The first kappa shape index (κ1) is 17.8. The molecule has 8 heteroatoms. The summed E-state index contributed by atoms with van der Waals surface area (Å²) < 4.78 is 15.2. The number of para-hydroxylation sites is 1.